The van der Waals surface area contributed by atoms with Crippen LogP contribution in [0.3, 0.4) is 0 Å². The second kappa shape index (κ2) is 5.40. The topological polar surface area (TPSA) is 75.6 Å². The van der Waals surface area contributed by atoms with E-state index >= 15 is 0 Å². The first-order chi connectivity index (χ1) is 9.06. The van der Waals surface area contributed by atoms with Gasteiger partial charge in [0.1, 0.15) is 0 Å². The summed E-state index contributed by atoms with van der Waals surface area (Å²) in [5, 5.41) is 11.7. The molecule has 0 radical (unpaired) electrons. The molecule has 1 saturated carbocycles. The number of carbonyl (C=O) groups excluding carboxylic acids is 1. The fraction of sp³-hybridized carbons (Fsp3) is 0.429. The number of hydrogen-bond donors (Lipinski definition) is 2. The van der Waals surface area contributed by atoms with Crippen LogP contribution in [0.2, 0.25) is 0 Å². The molecule has 0 aromatic heterocycles. The van der Waals surface area contributed by atoms with Gasteiger partial charge in [-0.15, -0.1) is 0 Å². The highest BCUT2D eigenvalue weighted by Crippen LogP contribution is 2.34. The smallest absolute Gasteiger partial charge is 0.335 e. The number of carboxylic acid groups (broad SMARTS) is 1. The maximum atomic E-state index is 12.0. The number of carbonyl (C=O) groups is 2. The van der Waals surface area contributed by atoms with E-state index in [-0.39, 0.29) is 17.1 Å². The Labute approximate surface area is 111 Å². The summed E-state index contributed by atoms with van der Waals surface area (Å²) in [6.45, 7) is 0.458. The number of benzene rings is 1. The van der Waals surface area contributed by atoms with Gasteiger partial charge in [-0.1, -0.05) is 6.07 Å². The number of carboxylic acids is 1. The molecule has 1 fully saturated rings. The van der Waals surface area contributed by atoms with Crippen LogP contribution < -0.4 is 5.32 Å². The fourth-order valence-electron chi connectivity index (χ4n) is 2.16. The van der Waals surface area contributed by atoms with Gasteiger partial charge in [-0.3, -0.25) is 4.79 Å². The molecule has 5 heteroatoms. The van der Waals surface area contributed by atoms with Crippen LogP contribution in [0.25, 0.3) is 0 Å². The molecule has 0 heterocycles. The maximum Gasteiger partial charge on any atom is 0.335 e. The zero-order chi connectivity index (χ0) is 13.9. The molecule has 0 spiro atoms. The Kier molecular flexibility index (Phi) is 3.85. The highest BCUT2D eigenvalue weighted by atomic mass is 16.5. The van der Waals surface area contributed by atoms with Crippen molar-refractivity contribution in [3.63, 3.8) is 0 Å². The van der Waals surface area contributed by atoms with E-state index in [0.29, 0.717) is 12.1 Å². The lowest BCUT2D eigenvalue weighted by Gasteiger charge is -2.40. The first kappa shape index (κ1) is 13.5. The molecule has 1 aromatic rings. The molecule has 1 aromatic carbocycles. The molecule has 1 aliphatic carbocycles. The SMILES string of the molecule is COC1(CNC(=O)c2cccc(C(=O)O)c2)CCC1. The third-order valence-electron chi connectivity index (χ3n) is 3.64. The Balaban J connectivity index is 2.00. The number of methoxy groups -OCH3 is 1. The summed E-state index contributed by atoms with van der Waals surface area (Å²) in [6, 6.07) is 6.00. The number of amides is 1. The van der Waals surface area contributed by atoms with E-state index in [1.807, 2.05) is 0 Å². The lowest BCUT2D eigenvalue weighted by atomic mass is 9.80. The van der Waals surface area contributed by atoms with Crippen molar-refractivity contribution in [1.82, 2.24) is 5.32 Å². The zero-order valence-corrected chi connectivity index (χ0v) is 10.8. The van der Waals surface area contributed by atoms with Crippen LogP contribution in [-0.4, -0.2) is 36.2 Å². The molecule has 5 nitrogen and oxygen atoms in total. The minimum atomic E-state index is -1.04. The summed E-state index contributed by atoms with van der Waals surface area (Å²) in [5.74, 6) is -1.31. The van der Waals surface area contributed by atoms with E-state index in [2.05, 4.69) is 5.32 Å². The molecule has 102 valence electrons. The Morgan fingerprint density at radius 3 is 2.58 bits per heavy atom. The highest BCUT2D eigenvalue weighted by molar-refractivity contribution is 5.97. The van der Waals surface area contributed by atoms with Crippen molar-refractivity contribution >= 4 is 11.9 Å². The third-order valence-corrected chi connectivity index (χ3v) is 3.64. The van der Waals surface area contributed by atoms with E-state index in [1.165, 1.54) is 12.1 Å². The Hall–Kier alpha value is -1.88. The van der Waals surface area contributed by atoms with E-state index in [9.17, 15) is 9.59 Å². The standard InChI is InChI=1S/C14H17NO4/c1-19-14(6-3-7-14)9-15-12(16)10-4-2-5-11(8-10)13(17)18/h2,4-5,8H,3,6-7,9H2,1H3,(H,15,16)(H,17,18). The molecule has 0 aliphatic heterocycles. The summed E-state index contributed by atoms with van der Waals surface area (Å²) in [5.41, 5.74) is 0.225. The van der Waals surface area contributed by atoms with Crippen LogP contribution in [0.15, 0.2) is 24.3 Å². The minimum Gasteiger partial charge on any atom is -0.478 e. The lowest BCUT2D eigenvalue weighted by molar-refractivity contribution is -0.0679. The molecular formula is C14H17NO4. The Bertz CT molecular complexity index is 488. The summed E-state index contributed by atoms with van der Waals surface area (Å²) < 4.78 is 5.41. The predicted molar refractivity (Wildman–Crippen MR) is 69.3 cm³/mol. The van der Waals surface area contributed by atoms with Crippen molar-refractivity contribution in [3.8, 4) is 0 Å². The molecule has 0 saturated heterocycles. The van der Waals surface area contributed by atoms with E-state index in [0.717, 1.165) is 19.3 Å². The van der Waals surface area contributed by atoms with Crippen LogP contribution >= 0.6 is 0 Å². The first-order valence-corrected chi connectivity index (χ1v) is 6.23. The van der Waals surface area contributed by atoms with Crippen LogP contribution in [0.4, 0.5) is 0 Å². The van der Waals surface area contributed by atoms with Gasteiger partial charge in [0.15, 0.2) is 0 Å². The van der Waals surface area contributed by atoms with Crippen LogP contribution in [-0.2, 0) is 4.74 Å². The maximum absolute atomic E-state index is 12.0. The zero-order valence-electron chi connectivity index (χ0n) is 10.8. The van der Waals surface area contributed by atoms with Crippen molar-refractivity contribution in [3.05, 3.63) is 35.4 Å². The lowest BCUT2D eigenvalue weighted by Crippen LogP contribution is -2.49. The molecular weight excluding hydrogens is 246 g/mol. The van der Waals surface area contributed by atoms with Gasteiger partial charge in [-0.2, -0.15) is 0 Å². The average Bonchev–Trinajstić information content (AvgIpc) is 2.38. The van der Waals surface area contributed by atoms with Crippen molar-refractivity contribution in [1.29, 1.82) is 0 Å². The summed E-state index contributed by atoms with van der Waals surface area (Å²) in [7, 11) is 1.65. The van der Waals surface area contributed by atoms with Crippen molar-refractivity contribution in [2.45, 2.75) is 24.9 Å². The molecule has 0 unspecified atom stereocenters. The monoisotopic (exact) mass is 263 g/mol. The molecule has 2 rings (SSSR count). The highest BCUT2D eigenvalue weighted by Gasteiger charge is 2.37. The Morgan fingerprint density at radius 1 is 1.37 bits per heavy atom. The summed E-state index contributed by atoms with van der Waals surface area (Å²) in [4.78, 5) is 22.8. The Morgan fingerprint density at radius 2 is 2.05 bits per heavy atom. The number of ether oxygens (including phenoxy) is 1. The second-order valence-corrected chi connectivity index (χ2v) is 4.81. The van der Waals surface area contributed by atoms with Gasteiger partial charge in [0, 0.05) is 19.2 Å². The number of nitrogens with one attached hydrogen (secondary N) is 1. The number of aromatic carboxylic acids is 1. The van der Waals surface area contributed by atoms with Gasteiger partial charge in [-0.05, 0) is 37.5 Å². The first-order valence-electron chi connectivity index (χ1n) is 6.23. The molecule has 0 atom stereocenters. The average molecular weight is 263 g/mol. The fourth-order valence-corrected chi connectivity index (χ4v) is 2.16. The third kappa shape index (κ3) is 2.93. The van der Waals surface area contributed by atoms with Gasteiger partial charge in [0.25, 0.3) is 5.91 Å². The number of rotatable bonds is 5. The normalized spacial score (nSPS) is 16.5. The molecule has 0 bridgehead atoms. The van der Waals surface area contributed by atoms with Gasteiger partial charge >= 0.3 is 5.97 Å². The van der Waals surface area contributed by atoms with Gasteiger partial charge in [0.2, 0.25) is 0 Å². The van der Waals surface area contributed by atoms with Crippen molar-refractivity contribution < 1.29 is 19.4 Å². The molecule has 1 amide bonds. The second-order valence-electron chi connectivity index (χ2n) is 4.81. The van der Waals surface area contributed by atoms with Crippen LogP contribution in [0, 0.1) is 0 Å². The van der Waals surface area contributed by atoms with Crippen LogP contribution in [0.1, 0.15) is 40.0 Å². The minimum absolute atomic E-state index is 0.109. The molecule has 2 N–H and O–H groups in total. The molecule has 1 aliphatic rings. The van der Waals surface area contributed by atoms with Crippen molar-refractivity contribution in [2.75, 3.05) is 13.7 Å². The van der Waals surface area contributed by atoms with Crippen molar-refractivity contribution in [2.24, 2.45) is 0 Å². The number of hydrogen-bond acceptors (Lipinski definition) is 3. The quantitative estimate of drug-likeness (QED) is 0.847. The predicted octanol–water partition coefficient (Wildman–Crippen LogP) is 1.68. The van der Waals surface area contributed by atoms with E-state index in [4.69, 9.17) is 9.84 Å². The molecule has 19 heavy (non-hydrogen) atoms. The summed E-state index contributed by atoms with van der Waals surface area (Å²) in [6.07, 6.45) is 3.00. The van der Waals surface area contributed by atoms with E-state index < -0.39 is 5.97 Å². The summed E-state index contributed by atoms with van der Waals surface area (Å²) >= 11 is 0. The van der Waals surface area contributed by atoms with E-state index in [1.54, 1.807) is 19.2 Å². The largest absolute Gasteiger partial charge is 0.478 e. The van der Waals surface area contributed by atoms with Gasteiger partial charge < -0.3 is 15.2 Å². The van der Waals surface area contributed by atoms with Gasteiger partial charge in [0.05, 0.1) is 11.2 Å². The van der Waals surface area contributed by atoms with Crippen LogP contribution in [0.5, 0.6) is 0 Å². The van der Waals surface area contributed by atoms with Gasteiger partial charge in [-0.25, -0.2) is 4.79 Å².